The van der Waals surface area contributed by atoms with Crippen LogP contribution in [0.25, 0.3) is 10.8 Å². The summed E-state index contributed by atoms with van der Waals surface area (Å²) in [5.41, 5.74) is 5.98. The second kappa shape index (κ2) is 5.19. The van der Waals surface area contributed by atoms with Crippen LogP contribution < -0.4 is 10.5 Å². The Balaban J connectivity index is 2.19. The molecule has 0 heterocycles. The summed E-state index contributed by atoms with van der Waals surface area (Å²) in [6, 6.07) is 14.4. The molecule has 0 fully saturated rings. The molecule has 2 rings (SSSR count). The summed E-state index contributed by atoms with van der Waals surface area (Å²) in [5.74, 6) is 1.35. The molecule has 0 aliphatic heterocycles. The highest BCUT2D eigenvalue weighted by molar-refractivity contribution is 5.88. The largest absolute Gasteiger partial charge is 0.491 e. The third-order valence-electron chi connectivity index (χ3n) is 3.04. The second-order valence-electron chi connectivity index (χ2n) is 4.70. The van der Waals surface area contributed by atoms with Crippen molar-refractivity contribution in [2.75, 3.05) is 6.61 Å². The molecule has 0 amide bonds. The first-order chi connectivity index (χ1) is 8.18. The molecule has 0 saturated heterocycles. The summed E-state index contributed by atoms with van der Waals surface area (Å²) in [4.78, 5) is 0. The number of nitrogens with two attached hydrogens (primary N) is 1. The van der Waals surface area contributed by atoms with Crippen molar-refractivity contribution in [1.82, 2.24) is 0 Å². The maximum Gasteiger partial charge on any atom is 0.127 e. The molecule has 0 saturated carbocycles. The first kappa shape index (κ1) is 11.9. The zero-order chi connectivity index (χ0) is 12.3. The molecular weight excluding hydrogens is 210 g/mol. The Morgan fingerprint density at radius 3 is 2.53 bits per heavy atom. The van der Waals surface area contributed by atoms with Crippen molar-refractivity contribution in [2.24, 2.45) is 11.7 Å². The van der Waals surface area contributed by atoms with Crippen LogP contribution in [0.4, 0.5) is 0 Å². The predicted octanol–water partition coefficient (Wildman–Crippen LogP) is 3.20. The Hall–Kier alpha value is -1.54. The van der Waals surface area contributed by atoms with E-state index in [1.807, 2.05) is 24.3 Å². The highest BCUT2D eigenvalue weighted by Crippen LogP contribution is 2.25. The van der Waals surface area contributed by atoms with Crippen molar-refractivity contribution in [2.45, 2.75) is 19.9 Å². The summed E-state index contributed by atoms with van der Waals surface area (Å²) in [6.45, 7) is 4.78. The van der Waals surface area contributed by atoms with E-state index in [-0.39, 0.29) is 6.04 Å². The third kappa shape index (κ3) is 2.77. The van der Waals surface area contributed by atoms with E-state index in [1.165, 1.54) is 5.39 Å². The molecule has 0 radical (unpaired) electrons. The van der Waals surface area contributed by atoms with E-state index < -0.39 is 0 Å². The van der Waals surface area contributed by atoms with Gasteiger partial charge in [-0.15, -0.1) is 0 Å². The third-order valence-corrected chi connectivity index (χ3v) is 3.04. The van der Waals surface area contributed by atoms with E-state index in [1.54, 1.807) is 0 Å². The van der Waals surface area contributed by atoms with Gasteiger partial charge in [-0.1, -0.05) is 50.2 Å². The SMILES string of the molecule is CC(C)C(N)COc1cccc2ccccc12. The number of hydrogen-bond donors (Lipinski definition) is 1. The minimum atomic E-state index is 0.0777. The van der Waals surface area contributed by atoms with Crippen LogP contribution in [0.15, 0.2) is 42.5 Å². The van der Waals surface area contributed by atoms with Crippen molar-refractivity contribution >= 4 is 10.8 Å². The first-order valence-corrected chi connectivity index (χ1v) is 6.04. The normalized spacial score (nSPS) is 12.9. The fourth-order valence-electron chi connectivity index (χ4n) is 1.70. The van der Waals surface area contributed by atoms with Gasteiger partial charge in [-0.2, -0.15) is 0 Å². The lowest BCUT2D eigenvalue weighted by Crippen LogP contribution is -2.33. The van der Waals surface area contributed by atoms with Gasteiger partial charge in [0.05, 0.1) is 0 Å². The van der Waals surface area contributed by atoms with Gasteiger partial charge in [0.2, 0.25) is 0 Å². The van der Waals surface area contributed by atoms with E-state index in [0.717, 1.165) is 11.1 Å². The minimum Gasteiger partial charge on any atom is -0.491 e. The quantitative estimate of drug-likeness (QED) is 0.873. The molecule has 0 aliphatic carbocycles. The smallest absolute Gasteiger partial charge is 0.127 e. The number of rotatable bonds is 4. The van der Waals surface area contributed by atoms with Gasteiger partial charge in [0, 0.05) is 11.4 Å². The summed E-state index contributed by atoms with van der Waals surface area (Å²) in [6.07, 6.45) is 0. The van der Waals surface area contributed by atoms with E-state index in [2.05, 4.69) is 32.0 Å². The van der Waals surface area contributed by atoms with Gasteiger partial charge >= 0.3 is 0 Å². The van der Waals surface area contributed by atoms with E-state index in [4.69, 9.17) is 10.5 Å². The second-order valence-corrected chi connectivity index (χ2v) is 4.70. The molecule has 2 nitrogen and oxygen atoms in total. The fourth-order valence-corrected chi connectivity index (χ4v) is 1.70. The van der Waals surface area contributed by atoms with Crippen molar-refractivity contribution in [3.8, 4) is 5.75 Å². The van der Waals surface area contributed by atoms with E-state index in [0.29, 0.717) is 12.5 Å². The van der Waals surface area contributed by atoms with Gasteiger partial charge in [-0.25, -0.2) is 0 Å². The Bertz CT molecular complexity index is 488. The van der Waals surface area contributed by atoms with E-state index in [9.17, 15) is 0 Å². The van der Waals surface area contributed by atoms with Crippen LogP contribution in [0.2, 0.25) is 0 Å². The topological polar surface area (TPSA) is 35.2 Å². The molecule has 2 N–H and O–H groups in total. The maximum absolute atomic E-state index is 5.98. The van der Waals surface area contributed by atoms with Gasteiger partial charge in [0.1, 0.15) is 12.4 Å². The van der Waals surface area contributed by atoms with Crippen molar-refractivity contribution < 1.29 is 4.74 Å². The van der Waals surface area contributed by atoms with Crippen LogP contribution in [0.5, 0.6) is 5.75 Å². The molecular formula is C15H19NO. The number of hydrogen-bond acceptors (Lipinski definition) is 2. The maximum atomic E-state index is 5.98. The van der Waals surface area contributed by atoms with Crippen molar-refractivity contribution in [1.29, 1.82) is 0 Å². The zero-order valence-corrected chi connectivity index (χ0v) is 10.4. The Kier molecular flexibility index (Phi) is 3.64. The molecule has 1 unspecified atom stereocenters. The van der Waals surface area contributed by atoms with Crippen LogP contribution in [0, 0.1) is 5.92 Å². The van der Waals surface area contributed by atoms with Gasteiger partial charge in [0.25, 0.3) is 0 Å². The van der Waals surface area contributed by atoms with Gasteiger partial charge in [0.15, 0.2) is 0 Å². The predicted molar refractivity (Wildman–Crippen MR) is 72.3 cm³/mol. The zero-order valence-electron chi connectivity index (χ0n) is 10.4. The van der Waals surface area contributed by atoms with Crippen molar-refractivity contribution in [3.63, 3.8) is 0 Å². The molecule has 0 spiro atoms. The van der Waals surface area contributed by atoms with Crippen LogP contribution in [-0.2, 0) is 0 Å². The van der Waals surface area contributed by atoms with Gasteiger partial charge in [-0.3, -0.25) is 0 Å². The lowest BCUT2D eigenvalue weighted by molar-refractivity contribution is 0.262. The minimum absolute atomic E-state index is 0.0777. The summed E-state index contributed by atoms with van der Waals surface area (Å²) >= 11 is 0. The van der Waals surface area contributed by atoms with Gasteiger partial charge < -0.3 is 10.5 Å². The molecule has 0 bridgehead atoms. The summed E-state index contributed by atoms with van der Waals surface area (Å²) in [5, 5.41) is 2.34. The molecule has 90 valence electrons. The summed E-state index contributed by atoms with van der Waals surface area (Å²) < 4.78 is 5.82. The highest BCUT2D eigenvalue weighted by Gasteiger charge is 2.09. The molecule has 2 heteroatoms. The first-order valence-electron chi connectivity index (χ1n) is 6.04. The Labute approximate surface area is 102 Å². The van der Waals surface area contributed by atoms with Crippen LogP contribution >= 0.6 is 0 Å². The standard InChI is InChI=1S/C15H19NO/c1-11(2)14(16)10-17-15-9-5-7-12-6-3-4-8-13(12)15/h3-9,11,14H,10,16H2,1-2H3. The number of fused-ring (bicyclic) bond motifs is 1. The monoisotopic (exact) mass is 229 g/mol. The molecule has 2 aromatic carbocycles. The molecule has 1 atom stereocenters. The average molecular weight is 229 g/mol. The molecule has 17 heavy (non-hydrogen) atoms. The average Bonchev–Trinajstić information content (AvgIpc) is 2.35. The Morgan fingerprint density at radius 1 is 1.06 bits per heavy atom. The van der Waals surface area contributed by atoms with E-state index >= 15 is 0 Å². The molecule has 0 aromatic heterocycles. The lowest BCUT2D eigenvalue weighted by atomic mass is 10.1. The number of ether oxygens (including phenoxy) is 1. The van der Waals surface area contributed by atoms with Crippen LogP contribution in [0.3, 0.4) is 0 Å². The van der Waals surface area contributed by atoms with Crippen LogP contribution in [0.1, 0.15) is 13.8 Å². The summed E-state index contributed by atoms with van der Waals surface area (Å²) in [7, 11) is 0. The lowest BCUT2D eigenvalue weighted by Gasteiger charge is -2.17. The Morgan fingerprint density at radius 2 is 1.76 bits per heavy atom. The van der Waals surface area contributed by atoms with Crippen LogP contribution in [-0.4, -0.2) is 12.6 Å². The highest BCUT2D eigenvalue weighted by atomic mass is 16.5. The molecule has 0 aliphatic rings. The van der Waals surface area contributed by atoms with Gasteiger partial charge in [-0.05, 0) is 17.4 Å². The number of benzene rings is 2. The molecule has 2 aromatic rings. The van der Waals surface area contributed by atoms with Crippen molar-refractivity contribution in [3.05, 3.63) is 42.5 Å². The fraction of sp³-hybridized carbons (Fsp3) is 0.333.